The third-order valence-electron chi connectivity index (χ3n) is 2.58. The molecule has 0 aliphatic rings. The number of alkyl carbamates (subject to hydrolysis) is 1. The second-order valence-corrected chi connectivity index (χ2v) is 8.14. The number of rotatable bonds is 3. The van der Waals surface area contributed by atoms with Gasteiger partial charge in [0.2, 0.25) is 0 Å². The molecule has 1 rings (SSSR count). The maximum Gasteiger partial charge on any atom is 0.408 e. The number of nitrogens with one attached hydrogen (secondary N) is 1. The summed E-state index contributed by atoms with van der Waals surface area (Å²) in [6.45, 7) is 10.3. The third-order valence-corrected chi connectivity index (χ3v) is 3.19. The number of hydrogen-bond acceptors (Lipinski definition) is 4. The lowest BCUT2D eigenvalue weighted by molar-refractivity contribution is -0.157. The normalized spacial score (nSPS) is 13.2. The Bertz CT molecular complexity index is 620. The van der Waals surface area contributed by atoms with Crippen molar-refractivity contribution < 1.29 is 23.5 Å². The van der Waals surface area contributed by atoms with Gasteiger partial charge in [-0.05, 0) is 75.2 Å². The van der Waals surface area contributed by atoms with Crippen LogP contribution in [-0.4, -0.2) is 23.3 Å². The van der Waals surface area contributed by atoms with Crippen molar-refractivity contribution in [2.24, 2.45) is 0 Å². The van der Waals surface area contributed by atoms with Gasteiger partial charge in [0.05, 0.1) is 4.47 Å². The molecule has 5 nitrogen and oxygen atoms in total. The molecule has 24 heavy (non-hydrogen) atoms. The number of esters is 1. The molecule has 0 heterocycles. The molecule has 0 saturated heterocycles. The van der Waals surface area contributed by atoms with Crippen LogP contribution in [0.25, 0.3) is 0 Å². The van der Waals surface area contributed by atoms with Gasteiger partial charge < -0.3 is 14.8 Å². The second-order valence-electron chi connectivity index (χ2n) is 7.29. The van der Waals surface area contributed by atoms with Gasteiger partial charge in [-0.2, -0.15) is 0 Å². The van der Waals surface area contributed by atoms with E-state index in [9.17, 15) is 14.0 Å². The highest BCUT2D eigenvalue weighted by molar-refractivity contribution is 9.10. The highest BCUT2D eigenvalue weighted by Gasteiger charge is 2.30. The zero-order valence-electron chi connectivity index (χ0n) is 14.7. The van der Waals surface area contributed by atoms with Gasteiger partial charge in [-0.15, -0.1) is 0 Å². The summed E-state index contributed by atoms with van der Waals surface area (Å²) < 4.78 is 24.1. The molecule has 1 atom stereocenters. The van der Waals surface area contributed by atoms with E-state index in [1.165, 1.54) is 18.2 Å². The lowest BCUT2D eigenvalue weighted by Crippen LogP contribution is -2.40. The zero-order chi connectivity index (χ0) is 18.7. The van der Waals surface area contributed by atoms with Gasteiger partial charge >= 0.3 is 12.1 Å². The SMILES string of the molecule is CC(C)(C)OC(=O)NC(C(=O)OC(C)(C)C)c1ccc(F)c(Br)c1. The Morgan fingerprint density at radius 3 is 2.08 bits per heavy atom. The standard InChI is InChI=1S/C17H23BrFNO4/c1-16(2,3)23-14(21)13(20-15(22)24-17(4,5)6)10-7-8-12(19)11(18)9-10/h7-9,13H,1-6H3,(H,20,22). The largest absolute Gasteiger partial charge is 0.458 e. The van der Waals surface area contributed by atoms with Gasteiger partial charge in [-0.1, -0.05) is 6.07 Å². The molecule has 1 unspecified atom stereocenters. The number of ether oxygens (including phenoxy) is 2. The number of carbonyl (C=O) groups is 2. The van der Waals surface area contributed by atoms with Crippen molar-refractivity contribution in [3.63, 3.8) is 0 Å². The van der Waals surface area contributed by atoms with Crippen molar-refractivity contribution >= 4 is 28.0 Å². The monoisotopic (exact) mass is 403 g/mol. The summed E-state index contributed by atoms with van der Waals surface area (Å²) in [5.41, 5.74) is -1.07. The predicted octanol–water partition coefficient (Wildman–Crippen LogP) is 4.50. The number of carbonyl (C=O) groups excluding carboxylic acids is 2. The first-order valence-electron chi connectivity index (χ1n) is 7.46. The Kier molecular flexibility index (Phi) is 6.38. The summed E-state index contributed by atoms with van der Waals surface area (Å²) in [6.07, 6.45) is -0.765. The van der Waals surface area contributed by atoms with Crippen molar-refractivity contribution in [1.82, 2.24) is 5.32 Å². The molecule has 0 spiro atoms. The Morgan fingerprint density at radius 1 is 1.08 bits per heavy atom. The average molecular weight is 404 g/mol. The lowest BCUT2D eigenvalue weighted by Gasteiger charge is -2.26. The van der Waals surface area contributed by atoms with E-state index in [0.29, 0.717) is 5.56 Å². The molecule has 0 fully saturated rings. The lowest BCUT2D eigenvalue weighted by atomic mass is 10.1. The number of hydrogen-bond donors (Lipinski definition) is 1. The van der Waals surface area contributed by atoms with Crippen molar-refractivity contribution in [2.75, 3.05) is 0 Å². The smallest absolute Gasteiger partial charge is 0.408 e. The summed E-state index contributed by atoms with van der Waals surface area (Å²) in [5.74, 6) is -1.13. The van der Waals surface area contributed by atoms with E-state index < -0.39 is 35.1 Å². The minimum Gasteiger partial charge on any atom is -0.458 e. The maximum atomic E-state index is 13.4. The van der Waals surface area contributed by atoms with Gasteiger partial charge in [0.15, 0.2) is 6.04 Å². The molecule has 0 radical (unpaired) electrons. The van der Waals surface area contributed by atoms with Crippen LogP contribution in [0, 0.1) is 5.82 Å². The molecule has 1 N–H and O–H groups in total. The van der Waals surface area contributed by atoms with E-state index in [1.54, 1.807) is 41.5 Å². The van der Waals surface area contributed by atoms with Crippen LogP contribution in [0.15, 0.2) is 22.7 Å². The van der Waals surface area contributed by atoms with Gasteiger partial charge in [-0.25, -0.2) is 14.0 Å². The van der Waals surface area contributed by atoms with E-state index in [2.05, 4.69) is 21.2 Å². The molecule has 1 aromatic rings. The first kappa shape index (κ1) is 20.4. The van der Waals surface area contributed by atoms with E-state index in [0.717, 1.165) is 0 Å². The van der Waals surface area contributed by atoms with Crippen LogP contribution in [0.3, 0.4) is 0 Å². The van der Waals surface area contributed by atoms with Crippen LogP contribution in [0.4, 0.5) is 9.18 Å². The average Bonchev–Trinajstić information content (AvgIpc) is 2.35. The predicted molar refractivity (Wildman–Crippen MR) is 92.1 cm³/mol. The number of benzene rings is 1. The molecule has 0 aliphatic heterocycles. The molecule has 0 saturated carbocycles. The summed E-state index contributed by atoms with van der Waals surface area (Å²) in [7, 11) is 0. The molecule has 1 amide bonds. The van der Waals surface area contributed by atoms with E-state index in [1.807, 2.05) is 0 Å². The quantitative estimate of drug-likeness (QED) is 0.754. The van der Waals surface area contributed by atoms with E-state index in [-0.39, 0.29) is 4.47 Å². The first-order valence-corrected chi connectivity index (χ1v) is 8.25. The summed E-state index contributed by atoms with van der Waals surface area (Å²) in [6, 6.07) is 2.91. The fourth-order valence-corrected chi connectivity index (χ4v) is 2.15. The van der Waals surface area contributed by atoms with Crippen molar-refractivity contribution in [3.05, 3.63) is 34.1 Å². The molecule has 0 aromatic heterocycles. The summed E-state index contributed by atoms with van der Waals surface area (Å²) in [5, 5.41) is 2.48. The van der Waals surface area contributed by atoms with Crippen LogP contribution >= 0.6 is 15.9 Å². The highest BCUT2D eigenvalue weighted by atomic mass is 79.9. The third kappa shape index (κ3) is 6.86. The molecule has 0 bridgehead atoms. The zero-order valence-corrected chi connectivity index (χ0v) is 16.3. The highest BCUT2D eigenvalue weighted by Crippen LogP contribution is 2.24. The van der Waals surface area contributed by atoms with E-state index in [4.69, 9.17) is 9.47 Å². The molecular weight excluding hydrogens is 381 g/mol. The van der Waals surface area contributed by atoms with Crippen molar-refractivity contribution in [1.29, 1.82) is 0 Å². The Morgan fingerprint density at radius 2 is 1.62 bits per heavy atom. The van der Waals surface area contributed by atoms with Crippen LogP contribution < -0.4 is 5.32 Å². The first-order chi connectivity index (χ1) is 10.8. The molecule has 7 heteroatoms. The summed E-state index contributed by atoms with van der Waals surface area (Å²) >= 11 is 3.07. The number of halogens is 2. The van der Waals surface area contributed by atoms with Gasteiger partial charge in [-0.3, -0.25) is 0 Å². The van der Waals surface area contributed by atoms with Crippen LogP contribution in [0.5, 0.6) is 0 Å². The van der Waals surface area contributed by atoms with Crippen molar-refractivity contribution in [2.45, 2.75) is 58.8 Å². The minimum absolute atomic E-state index is 0.180. The molecule has 134 valence electrons. The topological polar surface area (TPSA) is 64.6 Å². The van der Waals surface area contributed by atoms with Crippen LogP contribution in [-0.2, 0) is 14.3 Å². The van der Waals surface area contributed by atoms with E-state index >= 15 is 0 Å². The molecule has 0 aliphatic carbocycles. The molecule has 1 aromatic carbocycles. The Labute approximate surface area is 150 Å². The number of amides is 1. The van der Waals surface area contributed by atoms with Crippen LogP contribution in [0.2, 0.25) is 0 Å². The second kappa shape index (κ2) is 7.51. The van der Waals surface area contributed by atoms with Gasteiger partial charge in [0.25, 0.3) is 0 Å². The van der Waals surface area contributed by atoms with Gasteiger partial charge in [0, 0.05) is 0 Å². The fourth-order valence-electron chi connectivity index (χ4n) is 1.76. The van der Waals surface area contributed by atoms with Crippen molar-refractivity contribution in [3.8, 4) is 0 Å². The van der Waals surface area contributed by atoms with Gasteiger partial charge in [0.1, 0.15) is 17.0 Å². The fraction of sp³-hybridized carbons (Fsp3) is 0.529. The molecular formula is C17H23BrFNO4. The Balaban J connectivity index is 3.09. The maximum absolute atomic E-state index is 13.4. The minimum atomic E-state index is -1.11. The Hall–Kier alpha value is -1.63. The van der Waals surface area contributed by atoms with Crippen LogP contribution in [0.1, 0.15) is 53.1 Å². The summed E-state index contributed by atoms with van der Waals surface area (Å²) in [4.78, 5) is 24.5.